The van der Waals surface area contributed by atoms with Gasteiger partial charge < -0.3 is 4.90 Å². The third-order valence-electron chi connectivity index (χ3n) is 11.5. The van der Waals surface area contributed by atoms with Gasteiger partial charge in [0.2, 0.25) is 0 Å². The van der Waals surface area contributed by atoms with Gasteiger partial charge in [0.25, 0.3) is 0 Å². The Hall–Kier alpha value is -4.88. The maximum absolute atomic E-state index is 2.65. The average Bonchev–Trinajstić information content (AvgIpc) is 3.67. The van der Waals surface area contributed by atoms with Crippen LogP contribution in [0.4, 0.5) is 11.4 Å². The van der Waals surface area contributed by atoms with Gasteiger partial charge in [0.1, 0.15) is 0 Å². The summed E-state index contributed by atoms with van der Waals surface area (Å²) in [6, 6.07) is 56.7. The van der Waals surface area contributed by atoms with Crippen LogP contribution in [0.15, 0.2) is 152 Å². The summed E-state index contributed by atoms with van der Waals surface area (Å²) in [4.78, 5) is 2.65. The van der Waals surface area contributed by atoms with Crippen LogP contribution in [0.25, 0.3) is 22.3 Å². The zero-order chi connectivity index (χ0) is 30.2. The molecule has 3 atom stereocenters. The lowest BCUT2D eigenvalue weighted by Crippen LogP contribution is -2.45. The maximum atomic E-state index is 2.65. The minimum Gasteiger partial charge on any atom is -0.334 e. The first-order valence-corrected chi connectivity index (χ1v) is 16.5. The Bertz CT molecular complexity index is 2010. The second-order valence-electron chi connectivity index (χ2n) is 13.5. The van der Waals surface area contributed by atoms with Gasteiger partial charge in [-0.2, -0.15) is 0 Å². The molecule has 0 bridgehead atoms. The second-order valence-corrected chi connectivity index (χ2v) is 13.5. The van der Waals surface area contributed by atoms with Gasteiger partial charge in [0.15, 0.2) is 0 Å². The summed E-state index contributed by atoms with van der Waals surface area (Å²) in [7, 11) is 0. The summed E-state index contributed by atoms with van der Waals surface area (Å²) < 4.78 is 0. The highest BCUT2D eigenvalue weighted by atomic mass is 15.2. The molecule has 218 valence electrons. The number of nitrogens with zero attached hydrogens (tertiary/aromatic N) is 1. The van der Waals surface area contributed by atoms with Crippen molar-refractivity contribution >= 4 is 11.4 Å². The Labute approximate surface area is 266 Å². The van der Waals surface area contributed by atoms with Crippen LogP contribution in [0, 0.1) is 5.92 Å². The molecule has 2 aliphatic carbocycles. The van der Waals surface area contributed by atoms with E-state index in [2.05, 4.69) is 170 Å². The van der Waals surface area contributed by atoms with Gasteiger partial charge in [0.05, 0.1) is 11.0 Å². The fraction of sp³-hybridized carbons (Fsp3) is 0.182. The SMILES string of the molecule is CC1CCC2c3cc(-c4ccc5c(c4)-c4ccccc4C5(c4ccccc4)c4ccccc4)ccc3N(c3ccccc3)C12C. The highest BCUT2D eigenvalue weighted by molar-refractivity contribution is 5.89. The quantitative estimate of drug-likeness (QED) is 0.200. The first kappa shape index (κ1) is 26.5. The number of para-hydroxylation sites is 1. The third kappa shape index (κ3) is 3.56. The molecule has 1 aliphatic heterocycles. The molecule has 1 saturated carbocycles. The minimum atomic E-state index is -0.358. The summed E-state index contributed by atoms with van der Waals surface area (Å²) >= 11 is 0. The van der Waals surface area contributed by atoms with E-state index in [1.165, 1.54) is 74.3 Å². The summed E-state index contributed by atoms with van der Waals surface area (Å²) in [5.41, 5.74) is 14.5. The lowest BCUT2D eigenvalue weighted by atomic mass is 9.67. The first-order chi connectivity index (χ1) is 22.1. The topological polar surface area (TPSA) is 3.24 Å². The third-order valence-corrected chi connectivity index (χ3v) is 11.5. The zero-order valence-corrected chi connectivity index (χ0v) is 25.9. The smallest absolute Gasteiger partial charge is 0.0713 e. The molecule has 45 heavy (non-hydrogen) atoms. The largest absolute Gasteiger partial charge is 0.334 e. The molecular weight excluding hydrogens is 542 g/mol. The second kappa shape index (κ2) is 9.81. The Morgan fingerprint density at radius 1 is 0.556 bits per heavy atom. The lowest BCUT2D eigenvalue weighted by molar-refractivity contribution is 0.355. The fourth-order valence-electron chi connectivity index (χ4n) is 9.29. The Morgan fingerprint density at radius 3 is 1.84 bits per heavy atom. The van der Waals surface area contributed by atoms with Gasteiger partial charge in [-0.05, 0) is 106 Å². The molecule has 0 radical (unpaired) electrons. The monoisotopic (exact) mass is 579 g/mol. The van der Waals surface area contributed by atoms with Crippen LogP contribution in [0.2, 0.25) is 0 Å². The Kier molecular flexibility index (Phi) is 5.78. The number of hydrogen-bond donors (Lipinski definition) is 0. The number of benzene rings is 6. The first-order valence-electron chi connectivity index (χ1n) is 16.5. The van der Waals surface area contributed by atoms with E-state index in [-0.39, 0.29) is 11.0 Å². The molecule has 0 aromatic heterocycles. The van der Waals surface area contributed by atoms with E-state index >= 15 is 0 Å². The van der Waals surface area contributed by atoms with Gasteiger partial charge in [-0.1, -0.05) is 128 Å². The van der Waals surface area contributed by atoms with E-state index in [4.69, 9.17) is 0 Å². The molecule has 3 aliphatic rings. The van der Waals surface area contributed by atoms with E-state index < -0.39 is 0 Å². The predicted molar refractivity (Wildman–Crippen MR) is 187 cm³/mol. The van der Waals surface area contributed by atoms with E-state index in [1.54, 1.807) is 0 Å². The summed E-state index contributed by atoms with van der Waals surface area (Å²) in [5.74, 6) is 1.15. The fourth-order valence-corrected chi connectivity index (χ4v) is 9.29. The summed E-state index contributed by atoms with van der Waals surface area (Å²) in [6.07, 6.45) is 2.51. The molecule has 0 spiro atoms. The van der Waals surface area contributed by atoms with Gasteiger partial charge in [-0.3, -0.25) is 0 Å². The lowest BCUT2D eigenvalue weighted by Gasteiger charge is -2.41. The van der Waals surface area contributed by atoms with Gasteiger partial charge in [0, 0.05) is 17.3 Å². The summed E-state index contributed by atoms with van der Waals surface area (Å²) in [6.45, 7) is 4.95. The van der Waals surface area contributed by atoms with E-state index in [0.29, 0.717) is 11.8 Å². The van der Waals surface area contributed by atoms with E-state index in [1.807, 2.05) is 0 Å². The molecule has 0 saturated heterocycles. The van der Waals surface area contributed by atoms with Gasteiger partial charge in [-0.25, -0.2) is 0 Å². The molecule has 3 unspecified atom stereocenters. The van der Waals surface area contributed by atoms with Gasteiger partial charge in [-0.15, -0.1) is 0 Å². The normalized spacial score (nSPS) is 22.0. The predicted octanol–water partition coefficient (Wildman–Crippen LogP) is 11.1. The zero-order valence-electron chi connectivity index (χ0n) is 25.9. The molecule has 0 amide bonds. The van der Waals surface area contributed by atoms with E-state index in [9.17, 15) is 0 Å². The van der Waals surface area contributed by atoms with Crippen molar-refractivity contribution in [3.8, 4) is 22.3 Å². The maximum Gasteiger partial charge on any atom is 0.0713 e. The number of hydrogen-bond acceptors (Lipinski definition) is 1. The van der Waals surface area contributed by atoms with Crippen molar-refractivity contribution in [2.24, 2.45) is 5.92 Å². The van der Waals surface area contributed by atoms with Crippen molar-refractivity contribution in [3.63, 3.8) is 0 Å². The van der Waals surface area contributed by atoms with Crippen LogP contribution in [-0.4, -0.2) is 5.54 Å². The number of fused-ring (bicyclic) bond motifs is 6. The Balaban J connectivity index is 1.23. The van der Waals surface area contributed by atoms with E-state index in [0.717, 1.165) is 0 Å². The molecule has 6 aromatic carbocycles. The molecule has 1 nitrogen and oxygen atoms in total. The molecule has 9 rings (SSSR count). The van der Waals surface area contributed by atoms with Crippen molar-refractivity contribution in [1.29, 1.82) is 0 Å². The van der Waals surface area contributed by atoms with Crippen LogP contribution < -0.4 is 4.90 Å². The van der Waals surface area contributed by atoms with Crippen molar-refractivity contribution < 1.29 is 0 Å². The standard InChI is InChI=1S/C44H37N/c1-30-22-25-39-38-29-32(24-27-42(38)45(43(30,39)2)35-18-10-5-11-19-35)31-23-26-41-37(28-31)36-20-12-13-21-40(36)44(41,33-14-6-3-7-15-33)34-16-8-4-9-17-34/h3-21,23-24,26-30,39H,22,25H2,1-2H3. The molecule has 6 aromatic rings. The molecule has 0 N–H and O–H groups in total. The van der Waals surface area contributed by atoms with Crippen LogP contribution in [-0.2, 0) is 5.41 Å². The minimum absolute atomic E-state index is 0.0875. The number of rotatable bonds is 4. The molecular formula is C44H37N. The highest BCUT2D eigenvalue weighted by Gasteiger charge is 2.55. The van der Waals surface area contributed by atoms with Crippen molar-refractivity contribution in [2.45, 2.75) is 43.6 Å². The van der Waals surface area contributed by atoms with Crippen LogP contribution in [0.3, 0.4) is 0 Å². The van der Waals surface area contributed by atoms with Crippen LogP contribution >= 0.6 is 0 Å². The highest BCUT2D eigenvalue weighted by Crippen LogP contribution is 2.62. The molecule has 1 heteroatoms. The van der Waals surface area contributed by atoms with Crippen LogP contribution in [0.5, 0.6) is 0 Å². The van der Waals surface area contributed by atoms with Crippen molar-refractivity contribution in [2.75, 3.05) is 4.90 Å². The summed E-state index contributed by atoms with van der Waals surface area (Å²) in [5, 5.41) is 0. The van der Waals surface area contributed by atoms with Gasteiger partial charge >= 0.3 is 0 Å². The van der Waals surface area contributed by atoms with Crippen molar-refractivity contribution in [3.05, 3.63) is 179 Å². The van der Waals surface area contributed by atoms with Crippen molar-refractivity contribution in [1.82, 2.24) is 0 Å². The number of anilines is 2. The Morgan fingerprint density at radius 2 is 1.13 bits per heavy atom. The molecule has 1 fully saturated rings. The van der Waals surface area contributed by atoms with Crippen LogP contribution in [0.1, 0.15) is 60.4 Å². The average molecular weight is 580 g/mol. The molecule has 1 heterocycles.